The van der Waals surface area contributed by atoms with Crippen molar-refractivity contribution in [3.8, 4) is 11.5 Å². The molecule has 0 fully saturated rings. The van der Waals surface area contributed by atoms with Gasteiger partial charge in [-0.2, -0.15) is 0 Å². The van der Waals surface area contributed by atoms with Crippen LogP contribution in [0.1, 0.15) is 24.2 Å². The van der Waals surface area contributed by atoms with E-state index in [-0.39, 0.29) is 12.7 Å². The van der Waals surface area contributed by atoms with E-state index in [2.05, 4.69) is 42.7 Å². The average molecular weight is 486 g/mol. The predicted octanol–water partition coefficient (Wildman–Crippen LogP) is 3.84. The number of rotatable bonds is 6. The van der Waals surface area contributed by atoms with Crippen molar-refractivity contribution >= 4 is 43.7 Å². The second kappa shape index (κ2) is 9.59. The summed E-state index contributed by atoms with van der Waals surface area (Å²) in [4.78, 5) is 23.8. The summed E-state index contributed by atoms with van der Waals surface area (Å²) in [6, 6.07) is 12.0. The Morgan fingerprint density at radius 2 is 1.73 bits per heavy atom. The first kappa shape index (κ1) is 20.3. The van der Waals surface area contributed by atoms with Gasteiger partial charge in [-0.05, 0) is 72.2 Å². The maximum absolute atomic E-state index is 12.0. The van der Waals surface area contributed by atoms with Crippen molar-refractivity contribution in [3.63, 3.8) is 0 Å². The van der Waals surface area contributed by atoms with E-state index in [4.69, 9.17) is 9.47 Å². The molecule has 8 heteroatoms. The summed E-state index contributed by atoms with van der Waals surface area (Å²) < 4.78 is 12.5. The van der Waals surface area contributed by atoms with Crippen molar-refractivity contribution < 1.29 is 19.1 Å². The van der Waals surface area contributed by atoms with Gasteiger partial charge >= 0.3 is 0 Å². The van der Waals surface area contributed by atoms with Crippen molar-refractivity contribution in [2.24, 2.45) is 0 Å². The highest BCUT2D eigenvalue weighted by molar-refractivity contribution is 9.11. The normalized spacial score (nSPS) is 10.3. The zero-order valence-corrected chi connectivity index (χ0v) is 17.4. The molecule has 0 saturated heterocycles. The molecule has 0 heterocycles. The van der Waals surface area contributed by atoms with Gasteiger partial charge in [-0.1, -0.05) is 15.9 Å². The van der Waals surface area contributed by atoms with Gasteiger partial charge < -0.3 is 9.47 Å². The molecule has 0 aliphatic rings. The lowest BCUT2D eigenvalue weighted by atomic mass is 10.2. The van der Waals surface area contributed by atoms with E-state index < -0.39 is 11.8 Å². The van der Waals surface area contributed by atoms with Gasteiger partial charge in [0.25, 0.3) is 11.8 Å². The van der Waals surface area contributed by atoms with Gasteiger partial charge in [0.05, 0.1) is 10.6 Å². The Morgan fingerprint density at radius 1 is 1.04 bits per heavy atom. The SMILES string of the molecule is CC(C)Oc1ccc(C(=O)NNC(=O)COc2ccc(Br)cc2Br)cc1. The number of benzene rings is 2. The lowest BCUT2D eigenvalue weighted by molar-refractivity contribution is -0.123. The summed E-state index contributed by atoms with van der Waals surface area (Å²) in [7, 11) is 0. The van der Waals surface area contributed by atoms with Crippen molar-refractivity contribution in [3.05, 3.63) is 57.0 Å². The maximum atomic E-state index is 12.0. The molecule has 138 valence electrons. The van der Waals surface area contributed by atoms with E-state index in [1.807, 2.05) is 19.9 Å². The molecule has 0 unspecified atom stereocenters. The van der Waals surface area contributed by atoms with E-state index in [0.29, 0.717) is 21.5 Å². The van der Waals surface area contributed by atoms with Gasteiger partial charge in [0.15, 0.2) is 6.61 Å². The van der Waals surface area contributed by atoms with E-state index in [1.165, 1.54) is 0 Å². The molecule has 2 aromatic rings. The van der Waals surface area contributed by atoms with Gasteiger partial charge in [0.2, 0.25) is 0 Å². The molecule has 0 radical (unpaired) electrons. The molecule has 0 saturated carbocycles. The Hall–Kier alpha value is -2.06. The first-order valence-corrected chi connectivity index (χ1v) is 9.37. The van der Waals surface area contributed by atoms with Crippen LogP contribution in [0.3, 0.4) is 0 Å². The summed E-state index contributed by atoms with van der Waals surface area (Å²) in [5.41, 5.74) is 5.05. The highest BCUT2D eigenvalue weighted by atomic mass is 79.9. The molecule has 0 aliphatic heterocycles. The first-order chi connectivity index (χ1) is 12.3. The molecule has 0 atom stereocenters. The lowest BCUT2D eigenvalue weighted by Gasteiger charge is -2.11. The van der Waals surface area contributed by atoms with Crippen LogP contribution in [0.25, 0.3) is 0 Å². The zero-order valence-electron chi connectivity index (χ0n) is 14.2. The number of carbonyl (C=O) groups excluding carboxylic acids is 2. The second-order valence-electron chi connectivity index (χ2n) is 5.56. The Bertz CT molecular complexity index is 779. The largest absolute Gasteiger partial charge is 0.491 e. The third kappa shape index (κ3) is 6.34. The molecule has 0 bridgehead atoms. The number of halogens is 2. The number of amides is 2. The number of hydrazine groups is 1. The number of carbonyl (C=O) groups is 2. The summed E-state index contributed by atoms with van der Waals surface area (Å²) in [5, 5.41) is 0. The quantitative estimate of drug-likeness (QED) is 0.609. The molecule has 2 rings (SSSR count). The molecule has 0 aliphatic carbocycles. The Balaban J connectivity index is 1.80. The summed E-state index contributed by atoms with van der Waals surface area (Å²) >= 11 is 6.68. The third-order valence-electron chi connectivity index (χ3n) is 3.06. The second-order valence-corrected chi connectivity index (χ2v) is 7.33. The molecular formula is C18H18Br2N2O4. The molecule has 6 nitrogen and oxygen atoms in total. The van der Waals surface area contributed by atoms with Crippen LogP contribution in [0.4, 0.5) is 0 Å². The molecule has 2 aromatic carbocycles. The topological polar surface area (TPSA) is 76.7 Å². The minimum Gasteiger partial charge on any atom is -0.491 e. The Morgan fingerprint density at radius 3 is 2.35 bits per heavy atom. The minimum atomic E-state index is -0.479. The number of nitrogens with one attached hydrogen (secondary N) is 2. The van der Waals surface area contributed by atoms with Crippen LogP contribution in [0.5, 0.6) is 11.5 Å². The van der Waals surface area contributed by atoms with Crippen LogP contribution >= 0.6 is 31.9 Å². The number of hydrogen-bond acceptors (Lipinski definition) is 4. The van der Waals surface area contributed by atoms with Gasteiger partial charge in [0, 0.05) is 10.0 Å². The number of ether oxygens (including phenoxy) is 2. The fourth-order valence-corrected chi connectivity index (χ4v) is 3.09. The van der Waals surface area contributed by atoms with Gasteiger partial charge in [-0.25, -0.2) is 0 Å². The van der Waals surface area contributed by atoms with Crippen molar-refractivity contribution in [2.45, 2.75) is 20.0 Å². The van der Waals surface area contributed by atoms with Gasteiger partial charge in [-0.15, -0.1) is 0 Å². The van der Waals surface area contributed by atoms with E-state index >= 15 is 0 Å². The summed E-state index contributed by atoms with van der Waals surface area (Å²) in [6.45, 7) is 3.61. The molecule has 26 heavy (non-hydrogen) atoms. The minimum absolute atomic E-state index is 0.0553. The molecular weight excluding hydrogens is 468 g/mol. The van der Waals surface area contributed by atoms with Crippen molar-refractivity contribution in [1.29, 1.82) is 0 Å². The van der Waals surface area contributed by atoms with Crippen LogP contribution < -0.4 is 20.3 Å². The molecule has 2 N–H and O–H groups in total. The van der Waals surface area contributed by atoms with E-state index in [1.54, 1.807) is 36.4 Å². The smallest absolute Gasteiger partial charge is 0.276 e. The molecule has 0 spiro atoms. The standard InChI is InChI=1S/C18H18Br2N2O4/c1-11(2)26-14-6-3-12(4-7-14)18(24)22-21-17(23)10-25-16-8-5-13(19)9-15(16)20/h3-9,11H,10H2,1-2H3,(H,21,23)(H,22,24). The van der Waals surface area contributed by atoms with Gasteiger partial charge in [-0.3, -0.25) is 20.4 Å². The maximum Gasteiger partial charge on any atom is 0.276 e. The zero-order chi connectivity index (χ0) is 19.1. The summed E-state index contributed by atoms with van der Waals surface area (Å²) in [5.74, 6) is 0.289. The van der Waals surface area contributed by atoms with Crippen LogP contribution in [-0.4, -0.2) is 24.5 Å². The van der Waals surface area contributed by atoms with Crippen molar-refractivity contribution in [2.75, 3.05) is 6.61 Å². The third-order valence-corrected chi connectivity index (χ3v) is 4.17. The van der Waals surface area contributed by atoms with E-state index in [0.717, 1.165) is 4.47 Å². The fourth-order valence-electron chi connectivity index (χ4n) is 1.93. The van der Waals surface area contributed by atoms with Gasteiger partial charge in [0.1, 0.15) is 11.5 Å². The first-order valence-electron chi connectivity index (χ1n) is 7.79. The van der Waals surface area contributed by atoms with E-state index in [9.17, 15) is 9.59 Å². The highest BCUT2D eigenvalue weighted by Crippen LogP contribution is 2.28. The predicted molar refractivity (Wildman–Crippen MR) is 105 cm³/mol. The van der Waals surface area contributed by atoms with Crippen LogP contribution in [0.2, 0.25) is 0 Å². The Labute approximate surface area is 168 Å². The summed E-state index contributed by atoms with van der Waals surface area (Å²) in [6.07, 6.45) is 0.0553. The highest BCUT2D eigenvalue weighted by Gasteiger charge is 2.09. The molecule has 2 amide bonds. The monoisotopic (exact) mass is 484 g/mol. The Kier molecular flexibility index (Phi) is 7.47. The lowest BCUT2D eigenvalue weighted by Crippen LogP contribution is -2.43. The molecule has 0 aromatic heterocycles. The average Bonchev–Trinajstić information content (AvgIpc) is 2.59. The van der Waals surface area contributed by atoms with Crippen LogP contribution in [0, 0.1) is 0 Å². The fraction of sp³-hybridized carbons (Fsp3) is 0.222. The van der Waals surface area contributed by atoms with Crippen LogP contribution in [0.15, 0.2) is 51.4 Å². The van der Waals surface area contributed by atoms with Crippen LogP contribution in [-0.2, 0) is 4.79 Å². The number of hydrogen-bond donors (Lipinski definition) is 2. The van der Waals surface area contributed by atoms with Crippen molar-refractivity contribution in [1.82, 2.24) is 10.9 Å².